The van der Waals surface area contributed by atoms with Crippen molar-refractivity contribution in [1.82, 2.24) is 0 Å². The van der Waals surface area contributed by atoms with E-state index in [2.05, 4.69) is 0 Å². The van der Waals surface area contributed by atoms with Crippen LogP contribution in [0.5, 0.6) is 0 Å². The van der Waals surface area contributed by atoms with E-state index in [1.54, 1.807) is 0 Å². The van der Waals surface area contributed by atoms with Crippen molar-refractivity contribution in [2.45, 2.75) is 43.5 Å². The van der Waals surface area contributed by atoms with E-state index in [0.29, 0.717) is 0 Å². The number of carbonyl (C=O) groups is 1. The predicted molar refractivity (Wildman–Crippen MR) is 52.5 cm³/mol. The van der Waals surface area contributed by atoms with Crippen molar-refractivity contribution in [2.75, 3.05) is 0 Å². The SMILES string of the molecule is CC(=O)OC1CC2(C(C(F)(F)F)C(F)(F)F)C=CC1O2. The fourth-order valence-corrected chi connectivity index (χ4v) is 2.68. The molecule has 0 saturated carbocycles. The lowest BCUT2D eigenvalue weighted by Gasteiger charge is -2.35. The summed E-state index contributed by atoms with van der Waals surface area (Å²) < 4.78 is 86.2. The second-order valence-corrected chi connectivity index (χ2v) is 4.76. The molecule has 2 bridgehead atoms. The van der Waals surface area contributed by atoms with E-state index in [4.69, 9.17) is 9.47 Å². The zero-order valence-corrected chi connectivity index (χ0v) is 10.1. The lowest BCUT2D eigenvalue weighted by molar-refractivity contribution is -0.320. The van der Waals surface area contributed by atoms with Crippen molar-refractivity contribution in [1.29, 1.82) is 0 Å². The summed E-state index contributed by atoms with van der Waals surface area (Å²) in [7, 11) is 0. The molecule has 0 aromatic heterocycles. The summed E-state index contributed by atoms with van der Waals surface area (Å²) in [5.74, 6) is -4.44. The Morgan fingerprint density at radius 2 is 1.85 bits per heavy atom. The van der Waals surface area contributed by atoms with Gasteiger partial charge in [-0.3, -0.25) is 4.79 Å². The molecule has 3 atom stereocenters. The molecule has 114 valence electrons. The smallest absolute Gasteiger partial charge is 0.403 e. The molecule has 20 heavy (non-hydrogen) atoms. The molecule has 0 aromatic rings. The van der Waals surface area contributed by atoms with Gasteiger partial charge in [0.2, 0.25) is 0 Å². The first kappa shape index (κ1) is 15.1. The van der Waals surface area contributed by atoms with Gasteiger partial charge in [0.1, 0.15) is 17.8 Å². The third-order valence-electron chi connectivity index (χ3n) is 3.27. The fraction of sp³-hybridized carbons (Fsp3) is 0.727. The molecule has 0 N–H and O–H groups in total. The van der Waals surface area contributed by atoms with Crippen LogP contribution in [0, 0.1) is 5.92 Å². The molecule has 2 aliphatic heterocycles. The van der Waals surface area contributed by atoms with Crippen LogP contribution in [-0.2, 0) is 14.3 Å². The highest BCUT2D eigenvalue weighted by Gasteiger charge is 2.70. The highest BCUT2D eigenvalue weighted by Crippen LogP contribution is 2.55. The molecule has 3 unspecified atom stereocenters. The highest BCUT2D eigenvalue weighted by atomic mass is 19.4. The van der Waals surface area contributed by atoms with Crippen molar-refractivity contribution in [3.05, 3.63) is 12.2 Å². The van der Waals surface area contributed by atoms with Crippen LogP contribution in [0.15, 0.2) is 12.2 Å². The van der Waals surface area contributed by atoms with Gasteiger partial charge in [-0.25, -0.2) is 0 Å². The molecule has 1 fully saturated rings. The van der Waals surface area contributed by atoms with E-state index >= 15 is 0 Å². The number of halogens is 6. The van der Waals surface area contributed by atoms with Gasteiger partial charge in [-0.2, -0.15) is 26.3 Å². The summed E-state index contributed by atoms with van der Waals surface area (Å²) in [6, 6.07) is 0. The van der Waals surface area contributed by atoms with Crippen LogP contribution in [0.1, 0.15) is 13.3 Å². The van der Waals surface area contributed by atoms with Gasteiger partial charge in [0.25, 0.3) is 0 Å². The number of ether oxygens (including phenoxy) is 2. The quantitative estimate of drug-likeness (QED) is 0.447. The third kappa shape index (κ3) is 2.50. The van der Waals surface area contributed by atoms with Crippen LogP contribution in [0.25, 0.3) is 0 Å². The average molecular weight is 304 g/mol. The minimum atomic E-state index is -5.51. The molecule has 1 saturated heterocycles. The summed E-state index contributed by atoms with van der Waals surface area (Å²) in [6.07, 6.45) is -12.1. The van der Waals surface area contributed by atoms with Gasteiger partial charge >= 0.3 is 18.3 Å². The predicted octanol–water partition coefficient (Wildman–Crippen LogP) is 2.76. The van der Waals surface area contributed by atoms with Gasteiger partial charge in [0, 0.05) is 13.3 Å². The summed E-state index contributed by atoms with van der Waals surface area (Å²) in [4.78, 5) is 10.8. The summed E-state index contributed by atoms with van der Waals surface area (Å²) in [6.45, 7) is 1.02. The number of rotatable bonds is 2. The maximum atomic E-state index is 12.8. The maximum Gasteiger partial charge on any atom is 0.403 e. The highest BCUT2D eigenvalue weighted by molar-refractivity contribution is 5.66. The van der Waals surface area contributed by atoms with Crippen LogP contribution in [-0.4, -0.2) is 36.1 Å². The van der Waals surface area contributed by atoms with Crippen LogP contribution in [0.4, 0.5) is 26.3 Å². The number of hydrogen-bond acceptors (Lipinski definition) is 3. The molecule has 0 radical (unpaired) electrons. The minimum Gasteiger partial charge on any atom is -0.459 e. The van der Waals surface area contributed by atoms with Crippen molar-refractivity contribution in [2.24, 2.45) is 5.92 Å². The maximum absolute atomic E-state index is 12.8. The van der Waals surface area contributed by atoms with Gasteiger partial charge in [-0.1, -0.05) is 12.2 Å². The van der Waals surface area contributed by atoms with Gasteiger partial charge in [0.05, 0.1) is 0 Å². The molecule has 9 heteroatoms. The van der Waals surface area contributed by atoms with E-state index in [0.717, 1.165) is 19.1 Å². The zero-order valence-electron chi connectivity index (χ0n) is 10.1. The van der Waals surface area contributed by atoms with Crippen LogP contribution >= 0.6 is 0 Å². The molecule has 2 heterocycles. The average Bonchev–Trinajstić information content (AvgIpc) is 2.68. The number of esters is 1. The first-order chi connectivity index (χ1) is 8.96. The molecule has 0 aliphatic carbocycles. The number of fused-ring (bicyclic) bond motifs is 2. The van der Waals surface area contributed by atoms with Gasteiger partial charge < -0.3 is 9.47 Å². The Morgan fingerprint density at radius 3 is 2.30 bits per heavy atom. The van der Waals surface area contributed by atoms with Crippen molar-refractivity contribution >= 4 is 5.97 Å². The van der Waals surface area contributed by atoms with Crippen molar-refractivity contribution in [3.8, 4) is 0 Å². The van der Waals surface area contributed by atoms with Crippen molar-refractivity contribution < 1.29 is 40.6 Å². The Hall–Kier alpha value is -1.25. The number of hydrogen-bond donors (Lipinski definition) is 0. The van der Waals surface area contributed by atoms with E-state index in [9.17, 15) is 31.1 Å². The molecule has 0 amide bonds. The van der Waals surface area contributed by atoms with E-state index < -0.39 is 48.5 Å². The number of carbonyl (C=O) groups excluding carboxylic acids is 1. The first-order valence-electron chi connectivity index (χ1n) is 5.63. The molecular weight excluding hydrogens is 294 g/mol. The molecule has 2 rings (SSSR count). The van der Waals surface area contributed by atoms with Crippen LogP contribution in [0.2, 0.25) is 0 Å². The summed E-state index contributed by atoms with van der Waals surface area (Å²) in [5, 5.41) is 0. The van der Waals surface area contributed by atoms with E-state index in [1.807, 2.05) is 0 Å². The Kier molecular flexibility index (Phi) is 3.31. The monoisotopic (exact) mass is 304 g/mol. The van der Waals surface area contributed by atoms with E-state index in [-0.39, 0.29) is 0 Å². The Balaban J connectivity index is 2.32. The second-order valence-electron chi connectivity index (χ2n) is 4.76. The Labute approximate surface area is 109 Å². The first-order valence-corrected chi connectivity index (χ1v) is 5.63. The number of alkyl halides is 6. The van der Waals surface area contributed by atoms with Crippen molar-refractivity contribution in [3.63, 3.8) is 0 Å². The fourth-order valence-electron chi connectivity index (χ4n) is 2.68. The Morgan fingerprint density at radius 1 is 1.30 bits per heavy atom. The van der Waals surface area contributed by atoms with Gasteiger partial charge in [-0.05, 0) is 0 Å². The Bertz CT molecular complexity index is 426. The molecule has 0 aromatic carbocycles. The topological polar surface area (TPSA) is 35.5 Å². The largest absolute Gasteiger partial charge is 0.459 e. The summed E-state index contributed by atoms with van der Waals surface area (Å²) >= 11 is 0. The van der Waals surface area contributed by atoms with E-state index in [1.165, 1.54) is 0 Å². The minimum absolute atomic E-state index is 0.669. The molecular formula is C11H10F6O3. The lowest BCUT2D eigenvalue weighted by Crippen LogP contribution is -2.52. The molecule has 0 spiro atoms. The zero-order chi connectivity index (χ0) is 15.3. The lowest BCUT2D eigenvalue weighted by atomic mass is 9.80. The van der Waals surface area contributed by atoms with Gasteiger partial charge in [0.15, 0.2) is 5.92 Å². The summed E-state index contributed by atoms with van der Waals surface area (Å²) in [5.41, 5.74) is -2.55. The third-order valence-corrected chi connectivity index (χ3v) is 3.27. The van der Waals surface area contributed by atoms with Crippen LogP contribution in [0.3, 0.4) is 0 Å². The van der Waals surface area contributed by atoms with Crippen LogP contribution < -0.4 is 0 Å². The molecule has 2 aliphatic rings. The molecule has 3 nitrogen and oxygen atoms in total. The standard InChI is InChI=1S/C11H10F6O3/c1-5(18)19-7-4-9(3-2-6(7)20-9)8(10(12,13)14)11(15,16)17/h2-3,6-8H,4H2,1H3. The normalized spacial score (nSPS) is 33.0. The second kappa shape index (κ2) is 4.37. The van der Waals surface area contributed by atoms with Gasteiger partial charge in [-0.15, -0.1) is 0 Å².